The van der Waals surface area contributed by atoms with Crippen molar-refractivity contribution in [3.63, 3.8) is 0 Å². The Morgan fingerprint density at radius 2 is 2.06 bits per heavy atom. The first kappa shape index (κ1) is 23.3. The minimum atomic E-state index is -1.03. The number of nitrogens with two attached hydrogens (primary N) is 1. The van der Waals surface area contributed by atoms with Crippen molar-refractivity contribution < 1.29 is 9.59 Å². The van der Waals surface area contributed by atoms with E-state index in [1.165, 1.54) is 0 Å². The molecule has 1 aliphatic rings. The van der Waals surface area contributed by atoms with Gasteiger partial charge in [0.1, 0.15) is 0 Å². The van der Waals surface area contributed by atoms with E-state index >= 15 is 0 Å². The van der Waals surface area contributed by atoms with Gasteiger partial charge in [-0.3, -0.25) is 0 Å². The second-order valence-corrected chi connectivity index (χ2v) is 11.7. The zero-order valence-electron chi connectivity index (χ0n) is 18.6. The van der Waals surface area contributed by atoms with Crippen LogP contribution >= 0.6 is 11.6 Å². The summed E-state index contributed by atoms with van der Waals surface area (Å²) >= 11 is 5.39. The molecule has 1 unspecified atom stereocenters. The van der Waals surface area contributed by atoms with Crippen molar-refractivity contribution in [3.8, 4) is 0 Å². The number of aryl methyl sites for hydroxylation is 1. The van der Waals surface area contributed by atoms with Crippen molar-refractivity contribution in [2.75, 3.05) is 10.6 Å². The van der Waals surface area contributed by atoms with E-state index in [1.807, 2.05) is 37.3 Å². The molecule has 2 aromatic carbocycles. The van der Waals surface area contributed by atoms with Gasteiger partial charge in [0.05, 0.1) is 0 Å². The molecule has 4 rings (SSSR count). The third-order valence-electron chi connectivity index (χ3n) is 5.78. The summed E-state index contributed by atoms with van der Waals surface area (Å²) in [5.74, 6) is -0.00681. The minimum absolute atomic E-state index is 0.0317. The van der Waals surface area contributed by atoms with Gasteiger partial charge in [0, 0.05) is 0 Å². The first-order chi connectivity index (χ1) is 15.6. The average molecular weight is 526 g/mol. The number of rotatable bonds is 5. The molecule has 1 atom stereocenters. The van der Waals surface area contributed by atoms with Crippen LogP contribution in [0.5, 0.6) is 0 Å². The Hall–Kier alpha value is -2.89. The average Bonchev–Trinajstić information content (AvgIpc) is 2.87. The predicted octanol–water partition coefficient (Wildman–Crippen LogP) is 2.68. The Labute approximate surface area is 204 Å². The van der Waals surface area contributed by atoms with Crippen LogP contribution in [0.15, 0.2) is 42.6 Å². The van der Waals surface area contributed by atoms with Gasteiger partial charge < -0.3 is 0 Å². The molecular weight excluding hydrogens is 501 g/mol. The number of anilines is 3. The zero-order chi connectivity index (χ0) is 23.8. The molecule has 9 heteroatoms. The molecule has 3 aromatic rings. The van der Waals surface area contributed by atoms with Crippen molar-refractivity contribution in [1.29, 1.82) is 0 Å². The number of halogens is 1. The van der Waals surface area contributed by atoms with Gasteiger partial charge in [0.2, 0.25) is 0 Å². The maximum atomic E-state index is 12.0. The fourth-order valence-corrected chi connectivity index (χ4v) is 6.73. The Kier molecular flexibility index (Phi) is 6.46. The van der Waals surface area contributed by atoms with E-state index in [1.54, 1.807) is 12.3 Å². The van der Waals surface area contributed by atoms with Gasteiger partial charge in [0.15, 0.2) is 0 Å². The molecule has 0 saturated heterocycles. The summed E-state index contributed by atoms with van der Waals surface area (Å²) in [5, 5.41) is 6.71. The number of benzene rings is 2. The van der Waals surface area contributed by atoms with Crippen molar-refractivity contribution >= 4 is 65.3 Å². The second-order valence-electron chi connectivity index (χ2n) is 8.69. The van der Waals surface area contributed by atoms with Crippen molar-refractivity contribution in [2.24, 2.45) is 5.73 Å². The van der Waals surface area contributed by atoms with Gasteiger partial charge in [-0.05, 0) is 0 Å². The first-order valence-electron chi connectivity index (χ1n) is 10.5. The van der Waals surface area contributed by atoms with Gasteiger partial charge in [-0.15, -0.1) is 0 Å². The van der Waals surface area contributed by atoms with Crippen LogP contribution in [0.25, 0.3) is 0 Å². The molecule has 0 aliphatic carbocycles. The van der Waals surface area contributed by atoms with E-state index in [4.69, 9.17) is 17.3 Å². The van der Waals surface area contributed by atoms with Gasteiger partial charge in [-0.1, -0.05) is 0 Å². The van der Waals surface area contributed by atoms with Crippen molar-refractivity contribution in [2.45, 2.75) is 39.0 Å². The third-order valence-corrected chi connectivity index (χ3v) is 9.60. The Morgan fingerprint density at radius 1 is 1.27 bits per heavy atom. The number of hydrogen-bond donors (Lipinski definition) is 3. The third kappa shape index (κ3) is 5.05. The summed E-state index contributed by atoms with van der Waals surface area (Å²) in [6, 6.07) is 11.3. The van der Waals surface area contributed by atoms with E-state index in [2.05, 4.69) is 34.4 Å². The standard InChI is InChI=1S/C24H25AsClN5O2/c1-13-5-4-6-15(22(27)33)20(13)25-21-17(26)12-28-23(31-21)29-14-7-8-18-16(11-14)24(2,3)10-9-19(32)30-18/h4-8,11-12,25H,9-10H2,1-3H3,(H2,27,33)(H,30,32)(H,28,29,31). The fourth-order valence-electron chi connectivity index (χ4n) is 3.87. The Bertz CT molecular complexity index is 1260. The molecule has 170 valence electrons. The van der Waals surface area contributed by atoms with E-state index in [-0.39, 0.29) is 11.3 Å². The topological polar surface area (TPSA) is 110 Å². The molecular formula is C24H25AsClN5O2. The number of carbonyl (C=O) groups excluding carboxylic acids is 2. The van der Waals surface area contributed by atoms with Gasteiger partial charge >= 0.3 is 205 Å². The molecule has 1 aliphatic heterocycles. The molecule has 7 nitrogen and oxygen atoms in total. The van der Waals surface area contributed by atoms with Crippen LogP contribution in [0.4, 0.5) is 17.3 Å². The number of aromatic nitrogens is 2. The molecule has 0 radical (unpaired) electrons. The Balaban J connectivity index is 1.65. The SMILES string of the molecule is Cc1cccc(C(N)=O)c1[AsH]c1nc(Nc2ccc3c(c2)C(C)(C)CCC(=O)N3)ncc1Cl. The summed E-state index contributed by atoms with van der Waals surface area (Å²) < 4.78 is 1.63. The number of nitrogens with one attached hydrogen (secondary N) is 2. The molecule has 4 N–H and O–H groups in total. The van der Waals surface area contributed by atoms with Crippen LogP contribution in [-0.4, -0.2) is 37.5 Å². The van der Waals surface area contributed by atoms with Crippen molar-refractivity contribution in [1.82, 2.24) is 9.97 Å². The molecule has 0 fully saturated rings. The summed E-state index contributed by atoms with van der Waals surface area (Å²) in [7, 11) is 0. The van der Waals surface area contributed by atoms with Gasteiger partial charge in [-0.2, -0.15) is 0 Å². The summed E-state index contributed by atoms with van der Waals surface area (Å²) in [5.41, 5.74) is 9.64. The van der Waals surface area contributed by atoms with Gasteiger partial charge in [-0.25, -0.2) is 0 Å². The predicted molar refractivity (Wildman–Crippen MR) is 134 cm³/mol. The number of primary amides is 1. The number of carbonyl (C=O) groups is 2. The number of nitrogens with zero attached hydrogens (tertiary/aromatic N) is 2. The zero-order valence-corrected chi connectivity index (χ0v) is 21.5. The number of amides is 2. The van der Waals surface area contributed by atoms with E-state index in [0.29, 0.717) is 27.4 Å². The van der Waals surface area contributed by atoms with Crippen LogP contribution < -0.4 is 25.2 Å². The second kappa shape index (κ2) is 9.16. The van der Waals surface area contributed by atoms with Crippen LogP contribution in [0, 0.1) is 6.92 Å². The summed E-state index contributed by atoms with van der Waals surface area (Å²) in [4.78, 5) is 32.9. The first-order valence-corrected chi connectivity index (χ1v) is 13.0. The summed E-state index contributed by atoms with van der Waals surface area (Å²) in [6.45, 7) is 6.22. The molecule has 0 bridgehead atoms. The fraction of sp³-hybridized carbons (Fsp3) is 0.250. The maximum absolute atomic E-state index is 12.0. The van der Waals surface area contributed by atoms with Crippen LogP contribution in [0.3, 0.4) is 0 Å². The number of fused-ring (bicyclic) bond motifs is 1. The van der Waals surface area contributed by atoms with E-state index < -0.39 is 21.7 Å². The van der Waals surface area contributed by atoms with Crippen LogP contribution in [-0.2, 0) is 10.2 Å². The molecule has 1 aromatic heterocycles. The molecule has 2 heterocycles. The normalized spacial score (nSPS) is 15.1. The van der Waals surface area contributed by atoms with Crippen LogP contribution in [0.1, 0.15) is 48.2 Å². The van der Waals surface area contributed by atoms with Crippen LogP contribution in [0.2, 0.25) is 5.02 Å². The molecule has 33 heavy (non-hydrogen) atoms. The van der Waals surface area contributed by atoms with Crippen molar-refractivity contribution in [3.05, 3.63) is 64.3 Å². The summed E-state index contributed by atoms with van der Waals surface area (Å²) in [6.07, 6.45) is 2.83. The Morgan fingerprint density at radius 3 is 2.82 bits per heavy atom. The molecule has 0 saturated carbocycles. The number of hydrogen-bond acceptors (Lipinski definition) is 5. The van der Waals surface area contributed by atoms with E-state index in [0.717, 1.165) is 33.3 Å². The van der Waals surface area contributed by atoms with E-state index in [9.17, 15) is 9.59 Å². The monoisotopic (exact) mass is 525 g/mol. The quantitative estimate of drug-likeness (QED) is 0.444. The molecule has 0 spiro atoms. The molecule has 2 amide bonds. The van der Waals surface area contributed by atoms with Gasteiger partial charge in [0.25, 0.3) is 0 Å².